The molecule has 2 nitrogen and oxygen atoms in total. The van der Waals surface area contributed by atoms with Gasteiger partial charge in [0.2, 0.25) is 0 Å². The molecule has 0 aliphatic heterocycles. The molecular formula is C22H31NO. The van der Waals surface area contributed by atoms with Gasteiger partial charge in [-0.25, -0.2) is 0 Å². The number of rotatable bonds is 6. The van der Waals surface area contributed by atoms with E-state index in [1.54, 1.807) is 0 Å². The average Bonchev–Trinajstić information content (AvgIpc) is 2.51. The van der Waals surface area contributed by atoms with Crippen LogP contribution in [0.5, 0.6) is 5.75 Å². The highest BCUT2D eigenvalue weighted by Crippen LogP contribution is 2.36. The van der Waals surface area contributed by atoms with E-state index in [0.29, 0.717) is 17.8 Å². The number of hydrogen-bond donors (Lipinski definition) is 1. The van der Waals surface area contributed by atoms with Crippen LogP contribution in [-0.2, 0) is 0 Å². The van der Waals surface area contributed by atoms with Gasteiger partial charge in [0.25, 0.3) is 0 Å². The topological polar surface area (TPSA) is 23.5 Å². The highest BCUT2D eigenvalue weighted by molar-refractivity contribution is 5.53. The molecule has 0 saturated heterocycles. The lowest BCUT2D eigenvalue weighted by Gasteiger charge is -2.34. The second-order valence-corrected chi connectivity index (χ2v) is 7.21. The number of aromatic hydroxyl groups is 1. The van der Waals surface area contributed by atoms with E-state index in [0.717, 1.165) is 12.0 Å². The first-order chi connectivity index (χ1) is 11.3. The standard InChI is InChI=1S/C22H31NO/c1-7-20(21-13-17(6)11-12-22(21)24)18-9-8-10-19(14-18)23(15(2)3)16(4)5/h8-16,20,24H,7H2,1-6H3/t20-/m1/s1. The lowest BCUT2D eigenvalue weighted by molar-refractivity contribution is 0.463. The van der Waals surface area contributed by atoms with Crippen LogP contribution in [0.1, 0.15) is 63.6 Å². The largest absolute Gasteiger partial charge is 0.508 e. The Bertz CT molecular complexity index is 667. The van der Waals surface area contributed by atoms with Gasteiger partial charge in [-0.3, -0.25) is 0 Å². The molecule has 0 unspecified atom stereocenters. The van der Waals surface area contributed by atoms with Gasteiger partial charge in [0, 0.05) is 29.3 Å². The maximum absolute atomic E-state index is 10.3. The van der Waals surface area contributed by atoms with Crippen molar-refractivity contribution >= 4 is 5.69 Å². The minimum absolute atomic E-state index is 0.214. The summed E-state index contributed by atoms with van der Waals surface area (Å²) in [5, 5.41) is 10.3. The fourth-order valence-electron chi connectivity index (χ4n) is 3.68. The quantitative estimate of drug-likeness (QED) is 0.718. The molecule has 1 N–H and O–H groups in total. The second kappa shape index (κ2) is 7.74. The summed E-state index contributed by atoms with van der Waals surface area (Å²) >= 11 is 0. The molecule has 0 aromatic heterocycles. The molecule has 0 spiro atoms. The average molecular weight is 325 g/mol. The van der Waals surface area contributed by atoms with Crippen LogP contribution in [0.15, 0.2) is 42.5 Å². The Morgan fingerprint density at radius 2 is 1.62 bits per heavy atom. The summed E-state index contributed by atoms with van der Waals surface area (Å²) in [6, 6.07) is 15.6. The van der Waals surface area contributed by atoms with Gasteiger partial charge in [-0.1, -0.05) is 36.8 Å². The minimum Gasteiger partial charge on any atom is -0.508 e. The number of hydrogen-bond acceptors (Lipinski definition) is 2. The Kier molecular flexibility index (Phi) is 5.93. The molecule has 0 bridgehead atoms. The number of anilines is 1. The first-order valence-electron chi connectivity index (χ1n) is 9.03. The molecule has 0 heterocycles. The molecule has 2 aromatic carbocycles. The van der Waals surface area contributed by atoms with Crippen molar-refractivity contribution in [3.05, 3.63) is 59.2 Å². The SMILES string of the molecule is CC[C@H](c1cccc(N(C(C)C)C(C)C)c1)c1cc(C)ccc1O. The van der Waals surface area contributed by atoms with Crippen molar-refractivity contribution in [2.24, 2.45) is 0 Å². The zero-order valence-electron chi connectivity index (χ0n) is 15.9. The Morgan fingerprint density at radius 3 is 2.21 bits per heavy atom. The van der Waals surface area contributed by atoms with Crippen LogP contribution in [0.4, 0.5) is 5.69 Å². The lowest BCUT2D eigenvalue weighted by atomic mass is 9.87. The predicted molar refractivity (Wildman–Crippen MR) is 104 cm³/mol. The molecular weight excluding hydrogens is 294 g/mol. The van der Waals surface area contributed by atoms with Crippen LogP contribution in [0.2, 0.25) is 0 Å². The molecule has 2 aromatic rings. The Morgan fingerprint density at radius 1 is 0.958 bits per heavy atom. The van der Waals surface area contributed by atoms with Crippen molar-refractivity contribution in [2.45, 2.75) is 66.0 Å². The van der Waals surface area contributed by atoms with Gasteiger partial charge in [-0.05, 0) is 64.8 Å². The van der Waals surface area contributed by atoms with E-state index in [9.17, 15) is 5.11 Å². The fraction of sp³-hybridized carbons (Fsp3) is 0.455. The van der Waals surface area contributed by atoms with Crippen LogP contribution in [0, 0.1) is 6.92 Å². The van der Waals surface area contributed by atoms with Gasteiger partial charge in [0.05, 0.1) is 0 Å². The summed E-state index contributed by atoms with van der Waals surface area (Å²) in [5.74, 6) is 0.605. The molecule has 0 saturated carbocycles. The van der Waals surface area contributed by atoms with Gasteiger partial charge in [-0.2, -0.15) is 0 Å². The minimum atomic E-state index is 0.214. The van der Waals surface area contributed by atoms with E-state index in [1.807, 2.05) is 12.1 Å². The Balaban J connectivity index is 2.47. The van der Waals surface area contributed by atoms with Crippen molar-refractivity contribution < 1.29 is 5.11 Å². The summed E-state index contributed by atoms with van der Waals surface area (Å²) in [4.78, 5) is 2.44. The number of phenolic OH excluding ortho intramolecular Hbond substituents is 1. The Labute approximate surface area is 147 Å². The van der Waals surface area contributed by atoms with E-state index in [1.165, 1.54) is 16.8 Å². The van der Waals surface area contributed by atoms with Gasteiger partial charge in [-0.15, -0.1) is 0 Å². The predicted octanol–water partition coefficient (Wildman–Crippen LogP) is 5.87. The lowest BCUT2D eigenvalue weighted by Crippen LogP contribution is -2.37. The summed E-state index contributed by atoms with van der Waals surface area (Å²) in [5.41, 5.74) is 4.73. The van der Waals surface area contributed by atoms with Crippen LogP contribution >= 0.6 is 0 Å². The summed E-state index contributed by atoms with van der Waals surface area (Å²) in [6.45, 7) is 13.2. The van der Waals surface area contributed by atoms with E-state index in [-0.39, 0.29) is 5.92 Å². The van der Waals surface area contributed by atoms with E-state index in [2.05, 4.69) is 76.8 Å². The highest BCUT2D eigenvalue weighted by Gasteiger charge is 2.19. The summed E-state index contributed by atoms with van der Waals surface area (Å²) < 4.78 is 0. The zero-order valence-corrected chi connectivity index (χ0v) is 15.9. The first kappa shape index (κ1) is 18.4. The molecule has 0 aliphatic carbocycles. The third-order valence-corrected chi connectivity index (χ3v) is 4.65. The smallest absolute Gasteiger partial charge is 0.119 e. The zero-order chi connectivity index (χ0) is 17.9. The molecule has 0 radical (unpaired) electrons. The van der Waals surface area contributed by atoms with Crippen LogP contribution in [0.3, 0.4) is 0 Å². The highest BCUT2D eigenvalue weighted by atomic mass is 16.3. The van der Waals surface area contributed by atoms with Gasteiger partial charge in [0.15, 0.2) is 0 Å². The van der Waals surface area contributed by atoms with E-state index >= 15 is 0 Å². The molecule has 0 fully saturated rings. The van der Waals surface area contributed by atoms with Crippen molar-refractivity contribution in [1.29, 1.82) is 0 Å². The summed E-state index contributed by atoms with van der Waals surface area (Å²) in [6.07, 6.45) is 0.962. The fourth-order valence-corrected chi connectivity index (χ4v) is 3.68. The van der Waals surface area contributed by atoms with Gasteiger partial charge >= 0.3 is 0 Å². The van der Waals surface area contributed by atoms with Crippen molar-refractivity contribution in [3.8, 4) is 5.75 Å². The maximum Gasteiger partial charge on any atom is 0.119 e. The third-order valence-electron chi connectivity index (χ3n) is 4.65. The van der Waals surface area contributed by atoms with Crippen LogP contribution in [0.25, 0.3) is 0 Å². The first-order valence-corrected chi connectivity index (χ1v) is 9.03. The van der Waals surface area contributed by atoms with Crippen LogP contribution in [-0.4, -0.2) is 17.2 Å². The van der Waals surface area contributed by atoms with Gasteiger partial charge < -0.3 is 10.0 Å². The van der Waals surface area contributed by atoms with Gasteiger partial charge in [0.1, 0.15) is 5.75 Å². The van der Waals surface area contributed by atoms with E-state index in [4.69, 9.17) is 0 Å². The molecule has 24 heavy (non-hydrogen) atoms. The van der Waals surface area contributed by atoms with Crippen molar-refractivity contribution in [2.75, 3.05) is 4.90 Å². The normalized spacial score (nSPS) is 12.7. The number of aryl methyl sites for hydroxylation is 1. The Hall–Kier alpha value is -1.96. The van der Waals surface area contributed by atoms with Crippen molar-refractivity contribution in [1.82, 2.24) is 0 Å². The molecule has 0 amide bonds. The maximum atomic E-state index is 10.3. The third kappa shape index (κ3) is 3.92. The van der Waals surface area contributed by atoms with E-state index < -0.39 is 0 Å². The van der Waals surface area contributed by atoms with Crippen molar-refractivity contribution in [3.63, 3.8) is 0 Å². The molecule has 130 valence electrons. The molecule has 2 rings (SSSR count). The molecule has 2 heteroatoms. The second-order valence-electron chi connectivity index (χ2n) is 7.21. The number of phenols is 1. The molecule has 1 atom stereocenters. The monoisotopic (exact) mass is 325 g/mol. The summed E-state index contributed by atoms with van der Waals surface area (Å²) in [7, 11) is 0. The number of nitrogens with zero attached hydrogens (tertiary/aromatic N) is 1. The molecule has 0 aliphatic rings. The van der Waals surface area contributed by atoms with Crippen LogP contribution < -0.4 is 4.90 Å². The number of benzene rings is 2.